The average molecular weight is 1040 g/mol. The van der Waals surface area contributed by atoms with E-state index in [1.807, 2.05) is 12.4 Å². The molecule has 0 fully saturated rings. The summed E-state index contributed by atoms with van der Waals surface area (Å²) >= 11 is 0. The molecular formula is C73H75N3O3. The fourth-order valence-electron chi connectivity index (χ4n) is 10.5. The first-order valence-electron chi connectivity index (χ1n) is 27.4. The number of hydrogen-bond acceptors (Lipinski definition) is 6. The Morgan fingerprint density at radius 1 is 0.354 bits per heavy atom. The van der Waals surface area contributed by atoms with E-state index in [9.17, 15) is 0 Å². The van der Waals surface area contributed by atoms with Crippen LogP contribution in [-0.4, -0.2) is 32.1 Å². The van der Waals surface area contributed by atoms with Crippen molar-refractivity contribution in [3.05, 3.63) is 296 Å². The third kappa shape index (κ3) is 14.8. The summed E-state index contributed by atoms with van der Waals surface area (Å²) in [6.45, 7) is 17.9. The molecule has 400 valence electrons. The highest BCUT2D eigenvalue weighted by Crippen LogP contribution is 2.44. The van der Waals surface area contributed by atoms with Crippen LogP contribution in [0.15, 0.2) is 228 Å². The highest BCUT2D eigenvalue weighted by molar-refractivity contribution is 6.17. The largest absolute Gasteiger partial charge is 0.497 e. The molecule has 0 amide bonds. The van der Waals surface area contributed by atoms with Crippen molar-refractivity contribution in [3.8, 4) is 5.75 Å². The number of nitrogens with two attached hydrogens (primary N) is 1. The van der Waals surface area contributed by atoms with Crippen molar-refractivity contribution >= 4 is 42.1 Å². The summed E-state index contributed by atoms with van der Waals surface area (Å²) in [6.07, 6.45) is 4.14. The Bertz CT molecular complexity index is 3210. The number of carbonyl (C=O) groups excluding carboxylic acids is 2. The van der Waals surface area contributed by atoms with E-state index in [-0.39, 0.29) is 48.1 Å². The quantitative estimate of drug-likeness (QED) is 0.0425. The molecule has 79 heavy (non-hydrogen) atoms. The summed E-state index contributed by atoms with van der Waals surface area (Å²) in [6, 6.07) is 77.1. The number of hydrogen-bond donors (Lipinski definition) is 1. The maximum absolute atomic E-state index is 8.81. The first-order valence-corrected chi connectivity index (χ1v) is 27.4. The predicted octanol–water partition coefficient (Wildman–Crippen LogP) is 18.0. The monoisotopic (exact) mass is 1040 g/mol. The van der Waals surface area contributed by atoms with Crippen LogP contribution in [0.25, 0.3) is 0 Å². The number of nitrogens with zero attached hydrogens (tertiary/aromatic N) is 2. The van der Waals surface area contributed by atoms with E-state index in [4.69, 9.17) is 30.0 Å². The molecule has 2 N–H and O–H groups in total. The van der Waals surface area contributed by atoms with Gasteiger partial charge in [0.05, 0.1) is 18.5 Å². The molecule has 0 aliphatic heterocycles. The normalized spacial score (nSPS) is 13.4. The maximum atomic E-state index is 8.81. The Balaban J connectivity index is 0.000000267. The van der Waals surface area contributed by atoms with E-state index in [0.29, 0.717) is 0 Å². The minimum atomic E-state index is 0.0980. The number of aliphatic imine (C=N–C) groups is 2. The number of carbonyl (C=O) groups is 2. The number of benzene rings is 9. The molecule has 0 saturated carbocycles. The number of ether oxygens (including phenoxy) is 1. The topological polar surface area (TPSA) is 94.1 Å². The molecule has 9 aromatic rings. The van der Waals surface area contributed by atoms with Crippen LogP contribution in [0.4, 0.5) is 17.1 Å². The molecule has 0 saturated heterocycles. The standard InChI is InChI=1S/C48H48N2O.C23H25N.C2H2O2/c1-33-29-43(34(2)38-19-11-7-12-20-38)47(44(30-33)35(3)39-21-13-8-14-22-39)49-27-28-50-48-45(36(4)40-23-15-9-16-24-40)31-42(51-6)32-46(48)37(5)41-25-17-10-18-26-41;1-16-14-21(17(2)19-10-6-4-7-11-19)23(24)22(15-16)18(3)20-12-8-5-9-13-20;3-1-2-4/h7-32,34-37H,1-6H3;4-15,17-18H,24H2,1-3H3;1-2H/t34-,35-,36-,37-;17-,18-;/m11./s1. The van der Waals surface area contributed by atoms with Crippen LogP contribution < -0.4 is 10.5 Å². The second-order valence-electron chi connectivity index (χ2n) is 20.4. The summed E-state index contributed by atoms with van der Waals surface area (Å²) in [5, 5.41) is 0. The third-order valence-corrected chi connectivity index (χ3v) is 15.2. The van der Waals surface area contributed by atoms with E-state index in [1.165, 1.54) is 66.8 Å². The summed E-state index contributed by atoms with van der Waals surface area (Å²) in [5.74, 6) is 1.92. The van der Waals surface area contributed by atoms with Crippen molar-refractivity contribution in [2.75, 3.05) is 12.8 Å². The van der Waals surface area contributed by atoms with Crippen LogP contribution in [0.2, 0.25) is 0 Å². The lowest BCUT2D eigenvalue weighted by Crippen LogP contribution is -2.08. The van der Waals surface area contributed by atoms with Gasteiger partial charge in [-0.2, -0.15) is 0 Å². The highest BCUT2D eigenvalue weighted by Gasteiger charge is 2.24. The number of rotatable bonds is 17. The fraction of sp³-hybridized carbons (Fsp3) is 0.205. The van der Waals surface area contributed by atoms with Crippen LogP contribution in [-0.2, 0) is 9.59 Å². The molecule has 0 radical (unpaired) electrons. The Morgan fingerprint density at radius 2 is 0.570 bits per heavy atom. The molecule has 0 aliphatic carbocycles. The summed E-state index contributed by atoms with van der Waals surface area (Å²) in [7, 11) is 1.74. The molecule has 9 aromatic carbocycles. The molecule has 0 spiro atoms. The molecule has 9 rings (SSSR count). The Labute approximate surface area is 469 Å². The van der Waals surface area contributed by atoms with Gasteiger partial charge < -0.3 is 10.5 Å². The molecular weight excluding hydrogens is 967 g/mol. The molecule has 0 heterocycles. The highest BCUT2D eigenvalue weighted by atomic mass is 16.5. The first-order chi connectivity index (χ1) is 38.3. The molecule has 6 nitrogen and oxygen atoms in total. The van der Waals surface area contributed by atoms with Gasteiger partial charge >= 0.3 is 0 Å². The van der Waals surface area contributed by atoms with Gasteiger partial charge in [-0.3, -0.25) is 19.6 Å². The van der Waals surface area contributed by atoms with Crippen molar-refractivity contribution in [2.24, 2.45) is 9.98 Å². The van der Waals surface area contributed by atoms with Crippen molar-refractivity contribution in [1.82, 2.24) is 0 Å². The maximum Gasteiger partial charge on any atom is 0.182 e. The number of nitrogen functional groups attached to an aromatic ring is 1. The predicted molar refractivity (Wildman–Crippen MR) is 332 cm³/mol. The second kappa shape index (κ2) is 28.6. The van der Waals surface area contributed by atoms with Crippen LogP contribution in [0.3, 0.4) is 0 Å². The summed E-state index contributed by atoms with van der Waals surface area (Å²) < 4.78 is 5.88. The Kier molecular flexibility index (Phi) is 21.0. The van der Waals surface area contributed by atoms with Crippen LogP contribution >= 0.6 is 0 Å². The van der Waals surface area contributed by atoms with E-state index in [1.54, 1.807) is 7.11 Å². The van der Waals surface area contributed by atoms with Crippen molar-refractivity contribution in [1.29, 1.82) is 0 Å². The second-order valence-corrected chi connectivity index (χ2v) is 20.4. The van der Waals surface area contributed by atoms with Gasteiger partial charge in [-0.1, -0.05) is 259 Å². The van der Waals surface area contributed by atoms with E-state index in [0.717, 1.165) is 33.9 Å². The lowest BCUT2D eigenvalue weighted by atomic mass is 9.84. The average Bonchev–Trinajstić information content (AvgIpc) is 3.51. The third-order valence-electron chi connectivity index (χ3n) is 15.2. The lowest BCUT2D eigenvalue weighted by Gasteiger charge is -2.23. The van der Waals surface area contributed by atoms with Gasteiger partial charge in [0.25, 0.3) is 0 Å². The molecule has 6 atom stereocenters. The van der Waals surface area contributed by atoms with Gasteiger partial charge in [0.2, 0.25) is 0 Å². The van der Waals surface area contributed by atoms with Gasteiger partial charge in [0, 0.05) is 53.6 Å². The smallest absolute Gasteiger partial charge is 0.182 e. The summed E-state index contributed by atoms with van der Waals surface area (Å²) in [4.78, 5) is 28.1. The van der Waals surface area contributed by atoms with E-state index >= 15 is 0 Å². The first kappa shape index (κ1) is 58.0. The zero-order valence-corrected chi connectivity index (χ0v) is 47.3. The van der Waals surface area contributed by atoms with Gasteiger partial charge in [0.1, 0.15) is 5.75 Å². The molecule has 6 heteroatoms. The number of aldehydes is 2. The number of aryl methyl sites for hydroxylation is 2. The van der Waals surface area contributed by atoms with Crippen molar-refractivity contribution in [2.45, 2.75) is 90.9 Å². The zero-order valence-electron chi connectivity index (χ0n) is 47.3. The van der Waals surface area contributed by atoms with Crippen molar-refractivity contribution in [3.63, 3.8) is 0 Å². The van der Waals surface area contributed by atoms with Crippen LogP contribution in [0.5, 0.6) is 5.75 Å². The van der Waals surface area contributed by atoms with Gasteiger partial charge in [-0.05, 0) is 92.7 Å². The molecule has 0 aromatic heterocycles. The zero-order chi connectivity index (χ0) is 56.3. The molecule has 0 aliphatic rings. The van der Waals surface area contributed by atoms with Gasteiger partial charge in [-0.15, -0.1) is 0 Å². The van der Waals surface area contributed by atoms with E-state index < -0.39 is 0 Å². The number of anilines is 1. The van der Waals surface area contributed by atoms with Crippen LogP contribution in [0, 0.1) is 13.8 Å². The lowest BCUT2D eigenvalue weighted by molar-refractivity contribution is -0.122. The van der Waals surface area contributed by atoms with Gasteiger partial charge in [0.15, 0.2) is 12.6 Å². The molecule has 0 bridgehead atoms. The van der Waals surface area contributed by atoms with E-state index in [2.05, 4.69) is 274 Å². The Morgan fingerprint density at radius 3 is 0.797 bits per heavy atom. The SMILES string of the molecule is COc1cc([C@H](C)c2ccccc2)c(N=CC=Nc2c([C@H](C)c3ccccc3)cc(C)cc2[C@H](C)c2ccccc2)c([C@H](C)c2ccccc2)c1.Cc1cc([C@H](C)c2ccccc2)c(N)c([C@H](C)c2ccccc2)c1.O=CC=O. The summed E-state index contributed by atoms with van der Waals surface area (Å²) in [5.41, 5.74) is 26.7. The molecule has 0 unspecified atom stereocenters. The minimum absolute atomic E-state index is 0.0980. The van der Waals surface area contributed by atoms with Gasteiger partial charge in [-0.25, -0.2) is 0 Å². The Hall–Kier alpha value is -8.74. The van der Waals surface area contributed by atoms with Crippen LogP contribution in [0.1, 0.15) is 155 Å². The van der Waals surface area contributed by atoms with Crippen molar-refractivity contribution < 1.29 is 14.3 Å². The minimum Gasteiger partial charge on any atom is -0.497 e. The number of methoxy groups -OCH3 is 1. The fourth-order valence-corrected chi connectivity index (χ4v) is 10.5.